The molecule has 1 N–H and O–H groups in total. The molecule has 0 aliphatic heterocycles. The van der Waals surface area contributed by atoms with Gasteiger partial charge in [-0.1, -0.05) is 33.2 Å². The summed E-state index contributed by atoms with van der Waals surface area (Å²) in [5, 5.41) is 9.33. The lowest BCUT2D eigenvalue weighted by Crippen LogP contribution is -2.02. The standard InChI is InChI=1S/C13H10BrN3O/c14-12-3-1-2-11-10(12)4-6-15-13(11)16-8-9-5-7-18-17-9/h1-7H,8H2,(H,15,16). The molecule has 3 aromatic rings. The van der Waals surface area contributed by atoms with Crippen LogP contribution >= 0.6 is 15.9 Å². The number of hydrogen-bond acceptors (Lipinski definition) is 4. The summed E-state index contributed by atoms with van der Waals surface area (Å²) in [6.07, 6.45) is 3.35. The maximum atomic E-state index is 4.79. The SMILES string of the molecule is Brc1cccc2c(NCc3ccon3)nccc12. The quantitative estimate of drug-likeness (QED) is 0.803. The number of halogens is 1. The van der Waals surface area contributed by atoms with Crippen molar-refractivity contribution in [3.8, 4) is 0 Å². The summed E-state index contributed by atoms with van der Waals surface area (Å²) >= 11 is 3.54. The first-order valence-electron chi connectivity index (χ1n) is 5.51. The third-order valence-corrected chi connectivity index (χ3v) is 3.37. The highest BCUT2D eigenvalue weighted by Gasteiger charge is 2.05. The zero-order valence-electron chi connectivity index (χ0n) is 9.43. The van der Waals surface area contributed by atoms with E-state index in [4.69, 9.17) is 4.52 Å². The Balaban J connectivity index is 1.94. The predicted molar refractivity (Wildman–Crippen MR) is 73.3 cm³/mol. The first kappa shape index (κ1) is 11.2. The Hall–Kier alpha value is -1.88. The van der Waals surface area contributed by atoms with Gasteiger partial charge in [-0.05, 0) is 12.1 Å². The van der Waals surface area contributed by atoms with Gasteiger partial charge < -0.3 is 9.84 Å². The van der Waals surface area contributed by atoms with Crippen LogP contribution in [0.2, 0.25) is 0 Å². The second kappa shape index (κ2) is 4.78. The molecule has 2 heterocycles. The Labute approximate surface area is 112 Å². The van der Waals surface area contributed by atoms with Crippen molar-refractivity contribution in [1.82, 2.24) is 10.1 Å². The van der Waals surface area contributed by atoms with E-state index in [0.717, 1.165) is 26.8 Å². The molecule has 90 valence electrons. The molecule has 1 aromatic carbocycles. The third kappa shape index (κ3) is 2.09. The number of hydrogen-bond donors (Lipinski definition) is 1. The smallest absolute Gasteiger partial charge is 0.134 e. The van der Waals surface area contributed by atoms with Crippen LogP contribution in [0.4, 0.5) is 5.82 Å². The van der Waals surface area contributed by atoms with Crippen molar-refractivity contribution in [2.24, 2.45) is 0 Å². The molecule has 2 aromatic heterocycles. The molecule has 0 amide bonds. The number of fused-ring (bicyclic) bond motifs is 1. The minimum atomic E-state index is 0.592. The van der Waals surface area contributed by atoms with Gasteiger partial charge in [0.2, 0.25) is 0 Å². The van der Waals surface area contributed by atoms with Gasteiger partial charge in [0.05, 0.1) is 6.54 Å². The Kier molecular flexibility index (Phi) is 2.98. The van der Waals surface area contributed by atoms with Crippen LogP contribution in [0.3, 0.4) is 0 Å². The normalized spacial score (nSPS) is 10.7. The topological polar surface area (TPSA) is 51.0 Å². The molecule has 0 saturated heterocycles. The largest absolute Gasteiger partial charge is 0.364 e. The van der Waals surface area contributed by atoms with E-state index in [1.165, 1.54) is 0 Å². The van der Waals surface area contributed by atoms with E-state index in [1.54, 1.807) is 12.5 Å². The molecule has 0 fully saturated rings. The second-order valence-electron chi connectivity index (χ2n) is 3.84. The Morgan fingerprint density at radius 3 is 2.94 bits per heavy atom. The summed E-state index contributed by atoms with van der Waals surface area (Å²) < 4.78 is 5.85. The van der Waals surface area contributed by atoms with Crippen LogP contribution in [0.25, 0.3) is 10.8 Å². The van der Waals surface area contributed by atoms with Crippen molar-refractivity contribution in [2.75, 3.05) is 5.32 Å². The van der Waals surface area contributed by atoms with Crippen LogP contribution in [0, 0.1) is 0 Å². The van der Waals surface area contributed by atoms with Gasteiger partial charge >= 0.3 is 0 Å². The summed E-state index contributed by atoms with van der Waals surface area (Å²) in [5.41, 5.74) is 0.851. The molecular formula is C13H10BrN3O. The zero-order chi connectivity index (χ0) is 12.4. The van der Waals surface area contributed by atoms with E-state index < -0.39 is 0 Å². The fraction of sp³-hybridized carbons (Fsp3) is 0.0769. The average molecular weight is 304 g/mol. The Bertz CT molecular complexity index is 667. The van der Waals surface area contributed by atoms with Crippen molar-refractivity contribution in [1.29, 1.82) is 0 Å². The van der Waals surface area contributed by atoms with Gasteiger partial charge in [-0.15, -0.1) is 0 Å². The minimum absolute atomic E-state index is 0.592. The number of rotatable bonds is 3. The number of pyridine rings is 1. The molecule has 3 rings (SSSR count). The van der Waals surface area contributed by atoms with Crippen molar-refractivity contribution in [3.63, 3.8) is 0 Å². The molecule has 0 bridgehead atoms. The zero-order valence-corrected chi connectivity index (χ0v) is 11.0. The summed E-state index contributed by atoms with van der Waals surface area (Å²) in [4.78, 5) is 4.36. The first-order chi connectivity index (χ1) is 8.84. The lowest BCUT2D eigenvalue weighted by molar-refractivity contribution is 0.412. The highest BCUT2D eigenvalue weighted by Crippen LogP contribution is 2.27. The molecule has 18 heavy (non-hydrogen) atoms. The number of aromatic nitrogens is 2. The fourth-order valence-corrected chi connectivity index (χ4v) is 2.31. The lowest BCUT2D eigenvalue weighted by atomic mass is 10.1. The number of nitrogens with zero attached hydrogens (tertiary/aromatic N) is 2. The minimum Gasteiger partial charge on any atom is -0.364 e. The molecule has 0 saturated carbocycles. The van der Waals surface area contributed by atoms with Gasteiger partial charge in [0.1, 0.15) is 17.8 Å². The van der Waals surface area contributed by atoms with E-state index in [2.05, 4.69) is 31.4 Å². The molecular weight excluding hydrogens is 294 g/mol. The highest BCUT2D eigenvalue weighted by atomic mass is 79.9. The lowest BCUT2D eigenvalue weighted by Gasteiger charge is -2.08. The summed E-state index contributed by atoms with van der Waals surface area (Å²) in [6.45, 7) is 0.592. The molecule has 0 atom stereocenters. The average Bonchev–Trinajstić information content (AvgIpc) is 2.90. The Morgan fingerprint density at radius 1 is 1.17 bits per heavy atom. The summed E-state index contributed by atoms with van der Waals surface area (Å²) in [6, 6.07) is 9.87. The highest BCUT2D eigenvalue weighted by molar-refractivity contribution is 9.10. The van der Waals surface area contributed by atoms with Gasteiger partial charge in [-0.25, -0.2) is 4.98 Å². The van der Waals surface area contributed by atoms with Gasteiger partial charge in [-0.2, -0.15) is 0 Å². The maximum absolute atomic E-state index is 4.79. The molecule has 0 aliphatic rings. The fourth-order valence-electron chi connectivity index (χ4n) is 1.81. The van der Waals surface area contributed by atoms with E-state index in [-0.39, 0.29) is 0 Å². The molecule has 5 heteroatoms. The molecule has 0 aliphatic carbocycles. The van der Waals surface area contributed by atoms with Crippen LogP contribution in [0.5, 0.6) is 0 Å². The molecule has 0 radical (unpaired) electrons. The van der Waals surface area contributed by atoms with Crippen molar-refractivity contribution >= 4 is 32.5 Å². The summed E-state index contributed by atoms with van der Waals surface area (Å²) in [5.74, 6) is 0.844. The number of anilines is 1. The van der Waals surface area contributed by atoms with Crippen LogP contribution in [0.15, 0.2) is 51.8 Å². The van der Waals surface area contributed by atoms with E-state index in [0.29, 0.717) is 6.54 Å². The third-order valence-electron chi connectivity index (χ3n) is 2.68. The monoisotopic (exact) mass is 303 g/mol. The molecule has 0 spiro atoms. The summed E-state index contributed by atoms with van der Waals surface area (Å²) in [7, 11) is 0. The van der Waals surface area contributed by atoms with E-state index in [9.17, 15) is 0 Å². The van der Waals surface area contributed by atoms with Crippen LogP contribution in [-0.2, 0) is 6.54 Å². The van der Waals surface area contributed by atoms with Crippen LogP contribution < -0.4 is 5.32 Å². The van der Waals surface area contributed by atoms with Crippen LogP contribution in [0.1, 0.15) is 5.69 Å². The molecule has 4 nitrogen and oxygen atoms in total. The van der Waals surface area contributed by atoms with Crippen molar-refractivity contribution in [2.45, 2.75) is 6.54 Å². The van der Waals surface area contributed by atoms with Gasteiger partial charge in [0, 0.05) is 27.5 Å². The second-order valence-corrected chi connectivity index (χ2v) is 4.69. The van der Waals surface area contributed by atoms with Crippen molar-refractivity contribution < 1.29 is 4.52 Å². The van der Waals surface area contributed by atoms with Crippen molar-refractivity contribution in [3.05, 3.63) is 53.0 Å². The van der Waals surface area contributed by atoms with Crippen LogP contribution in [-0.4, -0.2) is 10.1 Å². The Morgan fingerprint density at radius 2 is 2.11 bits per heavy atom. The van der Waals surface area contributed by atoms with Gasteiger partial charge in [0.15, 0.2) is 0 Å². The number of nitrogens with one attached hydrogen (secondary N) is 1. The molecule has 0 unspecified atom stereocenters. The number of benzene rings is 1. The predicted octanol–water partition coefficient (Wildman–Crippen LogP) is 3.60. The first-order valence-corrected chi connectivity index (χ1v) is 6.30. The van der Waals surface area contributed by atoms with E-state index in [1.807, 2.05) is 30.3 Å². The van der Waals surface area contributed by atoms with E-state index >= 15 is 0 Å². The van der Waals surface area contributed by atoms with Gasteiger partial charge in [0.25, 0.3) is 0 Å². The maximum Gasteiger partial charge on any atom is 0.134 e. The van der Waals surface area contributed by atoms with Gasteiger partial charge in [-0.3, -0.25) is 0 Å².